The van der Waals surface area contributed by atoms with Crippen LogP contribution in [0, 0.1) is 0 Å². The topological polar surface area (TPSA) is 89.9 Å². The molecular formula is C20H20Cl2O6. The normalized spacial score (nSPS) is 10.9. The van der Waals surface area contributed by atoms with Crippen molar-refractivity contribution in [1.29, 1.82) is 0 Å². The van der Waals surface area contributed by atoms with Crippen molar-refractivity contribution >= 4 is 41.1 Å². The third-order valence-corrected chi connectivity index (χ3v) is 3.86. The number of halogens is 2. The van der Waals surface area contributed by atoms with Crippen LogP contribution in [0.5, 0.6) is 0 Å². The monoisotopic (exact) mass is 426 g/mol. The molecule has 2 aromatic rings. The van der Waals surface area contributed by atoms with Gasteiger partial charge in [-0.2, -0.15) is 0 Å². The van der Waals surface area contributed by atoms with E-state index in [9.17, 15) is 14.4 Å². The minimum absolute atomic E-state index is 0.0531. The lowest BCUT2D eigenvalue weighted by molar-refractivity contribution is -0.148. The van der Waals surface area contributed by atoms with Gasteiger partial charge in [-0.1, -0.05) is 30.1 Å². The van der Waals surface area contributed by atoms with E-state index in [1.807, 2.05) is 6.92 Å². The third kappa shape index (κ3) is 8.88. The van der Waals surface area contributed by atoms with Crippen LogP contribution < -0.4 is 0 Å². The van der Waals surface area contributed by atoms with Crippen LogP contribution in [0.2, 0.25) is 10.0 Å². The quantitative estimate of drug-likeness (QED) is 0.662. The van der Waals surface area contributed by atoms with Crippen molar-refractivity contribution in [2.75, 3.05) is 6.61 Å². The van der Waals surface area contributed by atoms with Crippen LogP contribution >= 0.6 is 23.2 Å². The van der Waals surface area contributed by atoms with Crippen molar-refractivity contribution in [1.82, 2.24) is 0 Å². The first kappa shape index (κ1) is 23.5. The van der Waals surface area contributed by atoms with E-state index < -0.39 is 18.0 Å². The number of hydrogen-bond donors (Lipinski definition) is 1. The third-order valence-electron chi connectivity index (χ3n) is 3.36. The van der Waals surface area contributed by atoms with Crippen LogP contribution in [0.4, 0.5) is 0 Å². The number of carboxylic acids is 1. The molecule has 0 amide bonds. The Morgan fingerprint density at radius 1 is 0.929 bits per heavy atom. The highest BCUT2D eigenvalue weighted by Gasteiger charge is 2.14. The van der Waals surface area contributed by atoms with Crippen molar-refractivity contribution in [3.63, 3.8) is 0 Å². The maximum absolute atomic E-state index is 11.7. The fourth-order valence-corrected chi connectivity index (χ4v) is 2.15. The Balaban J connectivity index is 0.000000330. The molecule has 0 aliphatic carbocycles. The summed E-state index contributed by atoms with van der Waals surface area (Å²) in [7, 11) is 0. The fraction of sp³-hybridized carbons (Fsp3) is 0.250. The van der Waals surface area contributed by atoms with Crippen molar-refractivity contribution in [2.24, 2.45) is 0 Å². The van der Waals surface area contributed by atoms with Gasteiger partial charge in [-0.05, 0) is 55.0 Å². The van der Waals surface area contributed by atoms with Crippen LogP contribution in [0.3, 0.4) is 0 Å². The summed E-state index contributed by atoms with van der Waals surface area (Å²) in [6, 6.07) is 12.4. The van der Waals surface area contributed by atoms with Gasteiger partial charge in [0.05, 0.1) is 11.1 Å². The van der Waals surface area contributed by atoms with Gasteiger partial charge in [0.15, 0.2) is 0 Å². The molecule has 0 aliphatic rings. The number of aromatic carboxylic acids is 1. The van der Waals surface area contributed by atoms with Gasteiger partial charge in [0, 0.05) is 17.0 Å². The van der Waals surface area contributed by atoms with Gasteiger partial charge in [-0.3, -0.25) is 4.79 Å². The van der Waals surface area contributed by atoms with Gasteiger partial charge in [0.2, 0.25) is 0 Å². The summed E-state index contributed by atoms with van der Waals surface area (Å²) in [5, 5.41) is 9.53. The number of hydrogen-bond acceptors (Lipinski definition) is 5. The number of carbonyl (C=O) groups is 3. The van der Waals surface area contributed by atoms with Crippen LogP contribution in [-0.4, -0.2) is 35.7 Å². The number of carbonyl (C=O) groups excluding carboxylic acids is 2. The zero-order chi connectivity index (χ0) is 21.1. The highest BCUT2D eigenvalue weighted by molar-refractivity contribution is 6.30. The molecule has 1 unspecified atom stereocenters. The minimum atomic E-state index is -0.934. The molecule has 6 nitrogen and oxygen atoms in total. The molecule has 0 fully saturated rings. The molecule has 0 aliphatic heterocycles. The maximum Gasteiger partial charge on any atom is 0.338 e. The molecule has 0 saturated heterocycles. The maximum atomic E-state index is 11.7. The lowest BCUT2D eigenvalue weighted by Gasteiger charge is -2.15. The molecule has 0 saturated carbocycles. The second-order valence-electron chi connectivity index (χ2n) is 5.56. The Morgan fingerprint density at radius 3 is 1.79 bits per heavy atom. The Morgan fingerprint density at radius 2 is 1.39 bits per heavy atom. The van der Waals surface area contributed by atoms with E-state index in [0.29, 0.717) is 22.0 Å². The van der Waals surface area contributed by atoms with Gasteiger partial charge >= 0.3 is 17.9 Å². The Labute approximate surface area is 173 Å². The van der Waals surface area contributed by atoms with E-state index in [0.717, 1.165) is 0 Å². The van der Waals surface area contributed by atoms with E-state index in [4.69, 9.17) is 37.8 Å². The van der Waals surface area contributed by atoms with Crippen molar-refractivity contribution in [2.45, 2.75) is 26.4 Å². The summed E-state index contributed by atoms with van der Waals surface area (Å²) >= 11 is 11.2. The summed E-state index contributed by atoms with van der Waals surface area (Å²) in [4.78, 5) is 32.7. The number of carboxylic acid groups (broad SMARTS) is 1. The molecule has 28 heavy (non-hydrogen) atoms. The smallest absolute Gasteiger partial charge is 0.338 e. The first-order valence-corrected chi connectivity index (χ1v) is 9.07. The summed E-state index contributed by atoms with van der Waals surface area (Å²) < 4.78 is 10.0. The molecule has 0 heterocycles. The van der Waals surface area contributed by atoms with Crippen LogP contribution in [0.1, 0.15) is 41.0 Å². The summed E-state index contributed by atoms with van der Waals surface area (Å²) in [6.07, 6.45) is 0.187. The van der Waals surface area contributed by atoms with Crippen molar-refractivity contribution in [3.05, 3.63) is 69.7 Å². The summed E-state index contributed by atoms with van der Waals surface area (Å²) in [6.45, 7) is 3.23. The van der Waals surface area contributed by atoms with Crippen molar-refractivity contribution in [3.8, 4) is 0 Å². The van der Waals surface area contributed by atoms with E-state index in [-0.39, 0.29) is 18.1 Å². The molecular weight excluding hydrogens is 407 g/mol. The summed E-state index contributed by atoms with van der Waals surface area (Å²) in [5.74, 6) is -1.78. The Bertz CT molecular complexity index is 787. The van der Waals surface area contributed by atoms with Gasteiger partial charge < -0.3 is 14.6 Å². The van der Waals surface area contributed by atoms with Crippen LogP contribution in [0.15, 0.2) is 48.5 Å². The summed E-state index contributed by atoms with van der Waals surface area (Å²) in [5.41, 5.74) is 0.668. The SMILES string of the molecule is CCC(COC(=O)c1ccc(Cl)cc1)OC(C)=O.O=C(O)c1ccc(Cl)cc1. The predicted octanol–water partition coefficient (Wildman–Crippen LogP) is 4.88. The fourth-order valence-electron chi connectivity index (χ4n) is 1.90. The second-order valence-corrected chi connectivity index (χ2v) is 6.43. The number of benzene rings is 2. The molecule has 2 aromatic carbocycles. The van der Waals surface area contributed by atoms with E-state index in [2.05, 4.69) is 0 Å². The van der Waals surface area contributed by atoms with Gasteiger partial charge in [-0.25, -0.2) is 9.59 Å². The van der Waals surface area contributed by atoms with Gasteiger partial charge in [0.25, 0.3) is 0 Å². The molecule has 1 N–H and O–H groups in total. The average molecular weight is 427 g/mol. The van der Waals surface area contributed by atoms with Crippen molar-refractivity contribution < 1.29 is 29.0 Å². The van der Waals surface area contributed by atoms with Crippen LogP contribution in [0.25, 0.3) is 0 Å². The van der Waals surface area contributed by atoms with Gasteiger partial charge in [0.1, 0.15) is 12.7 Å². The lowest BCUT2D eigenvalue weighted by Crippen LogP contribution is -2.23. The zero-order valence-electron chi connectivity index (χ0n) is 15.4. The van der Waals surface area contributed by atoms with E-state index >= 15 is 0 Å². The number of rotatable bonds is 6. The number of esters is 2. The molecule has 0 aromatic heterocycles. The first-order valence-electron chi connectivity index (χ1n) is 8.31. The molecule has 150 valence electrons. The van der Waals surface area contributed by atoms with E-state index in [1.54, 1.807) is 36.4 Å². The molecule has 1 atom stereocenters. The zero-order valence-corrected chi connectivity index (χ0v) is 16.9. The molecule has 0 radical (unpaired) electrons. The number of ether oxygens (including phenoxy) is 2. The largest absolute Gasteiger partial charge is 0.478 e. The first-order chi connectivity index (χ1) is 13.2. The Hall–Kier alpha value is -2.57. The molecule has 2 rings (SSSR count). The average Bonchev–Trinajstić information content (AvgIpc) is 2.66. The highest BCUT2D eigenvalue weighted by atomic mass is 35.5. The van der Waals surface area contributed by atoms with Gasteiger partial charge in [-0.15, -0.1) is 0 Å². The minimum Gasteiger partial charge on any atom is -0.478 e. The molecule has 0 bridgehead atoms. The highest BCUT2D eigenvalue weighted by Crippen LogP contribution is 2.11. The second kappa shape index (κ2) is 12.0. The predicted molar refractivity (Wildman–Crippen MR) is 106 cm³/mol. The molecule has 8 heteroatoms. The van der Waals surface area contributed by atoms with E-state index in [1.165, 1.54) is 19.1 Å². The standard InChI is InChI=1S/C13H15ClO4.C7H5ClO2/c1-3-12(18-9(2)15)8-17-13(16)10-4-6-11(14)7-5-10;8-6-3-1-5(2-4-6)7(9)10/h4-7,12H,3,8H2,1-2H3;1-4H,(H,9,10). The van der Waals surface area contributed by atoms with Crippen LogP contribution in [-0.2, 0) is 14.3 Å². The lowest BCUT2D eigenvalue weighted by atomic mass is 10.2. The Kier molecular flexibility index (Phi) is 10.1. The molecule has 0 spiro atoms.